The third-order valence-electron chi connectivity index (χ3n) is 2.44. The van der Waals surface area contributed by atoms with Gasteiger partial charge in [-0.3, -0.25) is 0 Å². The van der Waals surface area contributed by atoms with Gasteiger partial charge < -0.3 is 10.4 Å². The molecule has 0 spiro atoms. The van der Waals surface area contributed by atoms with E-state index in [9.17, 15) is 0 Å². The average Bonchev–Trinajstić information content (AvgIpc) is 2.27. The fraction of sp³-hybridized carbons (Fsp3) is 0.538. The summed E-state index contributed by atoms with van der Waals surface area (Å²) in [5, 5.41) is 12.1. The molecule has 1 rings (SSSR count). The third kappa shape index (κ3) is 4.34. The fourth-order valence-corrected chi connectivity index (χ4v) is 1.64. The Morgan fingerprint density at radius 2 is 2.00 bits per heavy atom. The number of anilines is 1. The van der Waals surface area contributed by atoms with Crippen LogP contribution in [0.3, 0.4) is 0 Å². The monoisotopic (exact) mass is 207 g/mol. The van der Waals surface area contributed by atoms with Crippen molar-refractivity contribution in [3.8, 4) is 0 Å². The molecule has 15 heavy (non-hydrogen) atoms. The SMILES string of the molecule is CCCc1ccccc1NCCCCO. The summed E-state index contributed by atoms with van der Waals surface area (Å²) in [6.45, 7) is 3.43. The quantitative estimate of drug-likeness (QED) is 0.674. The van der Waals surface area contributed by atoms with E-state index in [1.54, 1.807) is 0 Å². The van der Waals surface area contributed by atoms with E-state index in [2.05, 4.69) is 36.5 Å². The van der Waals surface area contributed by atoms with Gasteiger partial charge in [0.05, 0.1) is 0 Å². The summed E-state index contributed by atoms with van der Waals surface area (Å²) in [5.74, 6) is 0. The minimum atomic E-state index is 0.290. The van der Waals surface area contributed by atoms with Gasteiger partial charge in [-0.05, 0) is 30.9 Å². The molecule has 0 aliphatic heterocycles. The van der Waals surface area contributed by atoms with Crippen LogP contribution in [0.15, 0.2) is 24.3 Å². The van der Waals surface area contributed by atoms with Gasteiger partial charge in [0.25, 0.3) is 0 Å². The number of hydrogen-bond donors (Lipinski definition) is 2. The topological polar surface area (TPSA) is 32.3 Å². The molecule has 0 aliphatic rings. The number of hydrogen-bond acceptors (Lipinski definition) is 2. The minimum Gasteiger partial charge on any atom is -0.396 e. The molecule has 0 saturated heterocycles. The number of unbranched alkanes of at least 4 members (excludes halogenated alkanes) is 1. The van der Waals surface area contributed by atoms with Gasteiger partial charge >= 0.3 is 0 Å². The number of para-hydroxylation sites is 1. The molecule has 0 aliphatic carbocycles. The first-order chi connectivity index (χ1) is 7.38. The number of aliphatic hydroxyl groups excluding tert-OH is 1. The molecule has 2 N–H and O–H groups in total. The molecule has 0 amide bonds. The number of nitrogens with one attached hydrogen (secondary N) is 1. The maximum Gasteiger partial charge on any atom is 0.0431 e. The molecule has 0 atom stereocenters. The lowest BCUT2D eigenvalue weighted by Crippen LogP contribution is -2.04. The highest BCUT2D eigenvalue weighted by atomic mass is 16.2. The Kier molecular flexibility index (Phi) is 5.86. The molecule has 0 saturated carbocycles. The first kappa shape index (κ1) is 12.1. The van der Waals surface area contributed by atoms with E-state index in [0.717, 1.165) is 25.8 Å². The number of rotatable bonds is 7. The summed E-state index contributed by atoms with van der Waals surface area (Å²) in [7, 11) is 0. The van der Waals surface area contributed by atoms with Gasteiger partial charge in [-0.15, -0.1) is 0 Å². The molecule has 0 unspecified atom stereocenters. The highest BCUT2D eigenvalue weighted by Gasteiger charge is 1.98. The van der Waals surface area contributed by atoms with Crippen LogP contribution in [0.4, 0.5) is 5.69 Å². The largest absolute Gasteiger partial charge is 0.396 e. The van der Waals surface area contributed by atoms with Crippen LogP contribution in [-0.4, -0.2) is 18.3 Å². The van der Waals surface area contributed by atoms with E-state index in [1.807, 2.05) is 0 Å². The van der Waals surface area contributed by atoms with Crippen molar-refractivity contribution in [1.29, 1.82) is 0 Å². The van der Waals surface area contributed by atoms with Crippen LogP contribution in [0.1, 0.15) is 31.7 Å². The Bertz CT molecular complexity index is 273. The summed E-state index contributed by atoms with van der Waals surface area (Å²) in [5.41, 5.74) is 2.64. The van der Waals surface area contributed by atoms with Gasteiger partial charge in [-0.25, -0.2) is 0 Å². The molecular weight excluding hydrogens is 186 g/mol. The summed E-state index contributed by atoms with van der Waals surface area (Å²) in [4.78, 5) is 0. The molecule has 84 valence electrons. The Morgan fingerprint density at radius 3 is 2.73 bits per heavy atom. The van der Waals surface area contributed by atoms with E-state index in [-0.39, 0.29) is 6.61 Å². The zero-order valence-electron chi connectivity index (χ0n) is 9.50. The van der Waals surface area contributed by atoms with Gasteiger partial charge in [-0.2, -0.15) is 0 Å². The summed E-state index contributed by atoms with van der Waals surface area (Å²) < 4.78 is 0. The Morgan fingerprint density at radius 1 is 1.20 bits per heavy atom. The molecule has 1 aromatic carbocycles. The summed E-state index contributed by atoms with van der Waals surface area (Å²) in [6.07, 6.45) is 4.21. The maximum absolute atomic E-state index is 8.67. The van der Waals surface area contributed by atoms with Gasteiger partial charge in [0, 0.05) is 18.8 Å². The highest BCUT2D eigenvalue weighted by Crippen LogP contribution is 2.16. The predicted molar refractivity (Wildman–Crippen MR) is 65.2 cm³/mol. The van der Waals surface area contributed by atoms with Gasteiger partial charge in [0.1, 0.15) is 0 Å². The van der Waals surface area contributed by atoms with E-state index >= 15 is 0 Å². The third-order valence-corrected chi connectivity index (χ3v) is 2.44. The van der Waals surface area contributed by atoms with Crippen molar-refractivity contribution in [1.82, 2.24) is 0 Å². The van der Waals surface area contributed by atoms with Crippen LogP contribution in [0.5, 0.6) is 0 Å². The second kappa shape index (κ2) is 7.30. The smallest absolute Gasteiger partial charge is 0.0431 e. The standard InChI is InChI=1S/C13H21NO/c1-2-7-12-8-3-4-9-13(12)14-10-5-6-11-15/h3-4,8-9,14-15H,2,5-7,10-11H2,1H3. The van der Waals surface area contributed by atoms with Crippen LogP contribution >= 0.6 is 0 Å². The molecular formula is C13H21NO. The summed E-state index contributed by atoms with van der Waals surface area (Å²) >= 11 is 0. The molecule has 0 heterocycles. The van der Waals surface area contributed by atoms with Crippen molar-refractivity contribution < 1.29 is 5.11 Å². The molecule has 0 bridgehead atoms. The minimum absolute atomic E-state index is 0.290. The van der Waals surface area contributed by atoms with Crippen LogP contribution in [0, 0.1) is 0 Å². The van der Waals surface area contributed by atoms with Crippen molar-refractivity contribution in [2.24, 2.45) is 0 Å². The summed E-state index contributed by atoms with van der Waals surface area (Å²) in [6, 6.07) is 8.46. The molecule has 2 nitrogen and oxygen atoms in total. The lowest BCUT2D eigenvalue weighted by molar-refractivity contribution is 0.286. The van der Waals surface area contributed by atoms with Crippen molar-refractivity contribution in [3.05, 3.63) is 29.8 Å². The first-order valence-electron chi connectivity index (χ1n) is 5.81. The van der Waals surface area contributed by atoms with Crippen LogP contribution in [-0.2, 0) is 6.42 Å². The average molecular weight is 207 g/mol. The molecule has 0 radical (unpaired) electrons. The zero-order valence-corrected chi connectivity index (χ0v) is 9.50. The number of aliphatic hydroxyl groups is 1. The van der Waals surface area contributed by atoms with Gasteiger partial charge in [0.2, 0.25) is 0 Å². The highest BCUT2D eigenvalue weighted by molar-refractivity contribution is 5.51. The van der Waals surface area contributed by atoms with Gasteiger partial charge in [-0.1, -0.05) is 31.5 Å². The van der Waals surface area contributed by atoms with Crippen LogP contribution in [0.25, 0.3) is 0 Å². The Labute approximate surface area is 92.3 Å². The fourth-order valence-electron chi connectivity index (χ4n) is 1.64. The second-order valence-electron chi connectivity index (χ2n) is 3.76. The molecule has 2 heteroatoms. The van der Waals surface area contributed by atoms with Crippen molar-refractivity contribution in [3.63, 3.8) is 0 Å². The Hall–Kier alpha value is -1.02. The number of aryl methyl sites for hydroxylation is 1. The van der Waals surface area contributed by atoms with E-state index in [1.165, 1.54) is 17.7 Å². The van der Waals surface area contributed by atoms with Crippen molar-refractivity contribution in [2.75, 3.05) is 18.5 Å². The van der Waals surface area contributed by atoms with E-state index < -0.39 is 0 Å². The lowest BCUT2D eigenvalue weighted by Gasteiger charge is -2.10. The Balaban J connectivity index is 2.44. The normalized spacial score (nSPS) is 10.3. The van der Waals surface area contributed by atoms with Crippen molar-refractivity contribution >= 4 is 5.69 Å². The second-order valence-corrected chi connectivity index (χ2v) is 3.76. The van der Waals surface area contributed by atoms with E-state index in [4.69, 9.17) is 5.11 Å². The zero-order chi connectivity index (χ0) is 10.9. The van der Waals surface area contributed by atoms with Crippen molar-refractivity contribution in [2.45, 2.75) is 32.6 Å². The lowest BCUT2D eigenvalue weighted by atomic mass is 10.1. The predicted octanol–water partition coefficient (Wildman–Crippen LogP) is 2.82. The molecule has 0 aromatic heterocycles. The van der Waals surface area contributed by atoms with Crippen LogP contribution in [0.2, 0.25) is 0 Å². The first-order valence-corrected chi connectivity index (χ1v) is 5.81. The van der Waals surface area contributed by atoms with Gasteiger partial charge in [0.15, 0.2) is 0 Å². The maximum atomic E-state index is 8.67. The molecule has 1 aromatic rings. The van der Waals surface area contributed by atoms with E-state index in [0.29, 0.717) is 0 Å². The number of benzene rings is 1. The van der Waals surface area contributed by atoms with Crippen LogP contribution < -0.4 is 5.32 Å². The molecule has 0 fully saturated rings.